The molecule has 8 heteroatoms. The molecule has 0 bridgehead atoms. The zero-order valence-corrected chi connectivity index (χ0v) is 11.8. The summed E-state index contributed by atoms with van der Waals surface area (Å²) in [5, 5.41) is 0.255. The third-order valence-electron chi connectivity index (χ3n) is 2.41. The fourth-order valence-electron chi connectivity index (χ4n) is 1.60. The number of hydrogen-bond donors (Lipinski definition) is 1. The maximum absolute atomic E-state index is 12.1. The first-order chi connectivity index (χ1) is 8.97. The number of rotatable bonds is 5. The van der Waals surface area contributed by atoms with E-state index in [0.717, 1.165) is 0 Å². The monoisotopic (exact) mass is 300 g/mol. The minimum Gasteiger partial charge on any atom is -0.336 e. The average Bonchev–Trinajstić information content (AvgIpc) is 2.81. The first-order valence-electron chi connectivity index (χ1n) is 5.57. The molecule has 0 radical (unpaired) electrons. The summed E-state index contributed by atoms with van der Waals surface area (Å²) in [6.07, 6.45) is 6.28. The van der Waals surface area contributed by atoms with E-state index in [9.17, 15) is 8.42 Å². The Morgan fingerprint density at radius 1 is 1.47 bits per heavy atom. The number of sulfonamides is 1. The van der Waals surface area contributed by atoms with Crippen LogP contribution in [0.25, 0.3) is 0 Å². The molecule has 1 N–H and O–H groups in total. The molecule has 102 valence electrons. The number of imidazole rings is 1. The molecule has 0 aromatic carbocycles. The lowest BCUT2D eigenvalue weighted by Crippen LogP contribution is -2.35. The number of nitrogens with zero attached hydrogens (tertiary/aromatic N) is 3. The number of aromatic nitrogens is 3. The molecule has 2 rings (SSSR count). The second kappa shape index (κ2) is 5.68. The second-order valence-corrected chi connectivity index (χ2v) is 6.20. The van der Waals surface area contributed by atoms with Crippen molar-refractivity contribution in [3.63, 3.8) is 0 Å². The summed E-state index contributed by atoms with van der Waals surface area (Å²) >= 11 is 5.63. The minimum atomic E-state index is -3.58. The van der Waals surface area contributed by atoms with Gasteiger partial charge in [-0.05, 0) is 19.1 Å². The quantitative estimate of drug-likeness (QED) is 0.844. The van der Waals surface area contributed by atoms with Gasteiger partial charge in [-0.3, -0.25) is 0 Å². The molecule has 2 aromatic heterocycles. The van der Waals surface area contributed by atoms with E-state index in [4.69, 9.17) is 11.6 Å². The second-order valence-electron chi connectivity index (χ2n) is 4.10. The summed E-state index contributed by atoms with van der Waals surface area (Å²) in [5.41, 5.74) is 0. The van der Waals surface area contributed by atoms with Gasteiger partial charge in [0.15, 0.2) is 0 Å². The zero-order valence-electron chi connectivity index (χ0n) is 10.2. The van der Waals surface area contributed by atoms with E-state index < -0.39 is 10.0 Å². The van der Waals surface area contributed by atoms with Crippen LogP contribution >= 0.6 is 11.6 Å². The van der Waals surface area contributed by atoms with E-state index in [1.807, 2.05) is 0 Å². The van der Waals surface area contributed by atoms with E-state index in [1.165, 1.54) is 18.3 Å². The van der Waals surface area contributed by atoms with Crippen molar-refractivity contribution in [2.75, 3.05) is 0 Å². The van der Waals surface area contributed by atoms with Crippen molar-refractivity contribution in [1.29, 1.82) is 0 Å². The lowest BCUT2D eigenvalue weighted by atomic mass is 10.4. The van der Waals surface area contributed by atoms with Crippen molar-refractivity contribution in [2.24, 2.45) is 0 Å². The fraction of sp³-hybridized carbons (Fsp3) is 0.273. The predicted octanol–water partition coefficient (Wildman–Crippen LogP) is 1.30. The Morgan fingerprint density at radius 2 is 2.26 bits per heavy atom. The van der Waals surface area contributed by atoms with Gasteiger partial charge in [0.05, 0.1) is 6.33 Å². The molecule has 0 aliphatic rings. The van der Waals surface area contributed by atoms with Crippen molar-refractivity contribution in [3.8, 4) is 0 Å². The van der Waals surface area contributed by atoms with Crippen LogP contribution in [0.3, 0.4) is 0 Å². The zero-order chi connectivity index (χ0) is 13.9. The third kappa shape index (κ3) is 3.76. The molecule has 1 atom stereocenters. The van der Waals surface area contributed by atoms with Gasteiger partial charge >= 0.3 is 0 Å². The van der Waals surface area contributed by atoms with Crippen LogP contribution in [0.5, 0.6) is 0 Å². The SMILES string of the molecule is C[C@@H](Cn1ccnc1)NS(=O)(=O)c1ccc(Cl)nc1. The lowest BCUT2D eigenvalue weighted by Gasteiger charge is -2.14. The Kier molecular flexibility index (Phi) is 4.18. The van der Waals surface area contributed by atoms with Crippen molar-refractivity contribution < 1.29 is 8.42 Å². The summed E-state index contributed by atoms with van der Waals surface area (Å²) < 4.78 is 28.5. The number of pyridine rings is 1. The van der Waals surface area contributed by atoms with Crippen LogP contribution < -0.4 is 4.72 Å². The average molecular weight is 301 g/mol. The minimum absolute atomic E-state index is 0.0920. The van der Waals surface area contributed by atoms with Crippen LogP contribution in [-0.2, 0) is 16.6 Å². The predicted molar refractivity (Wildman–Crippen MR) is 71.3 cm³/mol. The van der Waals surface area contributed by atoms with Gasteiger partial charge in [0.25, 0.3) is 0 Å². The van der Waals surface area contributed by atoms with Crippen molar-refractivity contribution in [1.82, 2.24) is 19.3 Å². The van der Waals surface area contributed by atoms with E-state index in [0.29, 0.717) is 6.54 Å². The van der Waals surface area contributed by atoms with Crippen LogP contribution in [0.1, 0.15) is 6.92 Å². The van der Waals surface area contributed by atoms with Crippen LogP contribution in [-0.4, -0.2) is 29.0 Å². The largest absolute Gasteiger partial charge is 0.336 e. The highest BCUT2D eigenvalue weighted by atomic mass is 35.5. The van der Waals surface area contributed by atoms with E-state index >= 15 is 0 Å². The molecule has 2 aromatic rings. The Morgan fingerprint density at radius 3 is 2.84 bits per heavy atom. The summed E-state index contributed by atoms with van der Waals surface area (Å²) in [4.78, 5) is 7.75. The number of hydrogen-bond acceptors (Lipinski definition) is 4. The molecule has 0 amide bonds. The highest BCUT2D eigenvalue weighted by Gasteiger charge is 2.17. The first kappa shape index (κ1) is 14.0. The third-order valence-corrected chi connectivity index (χ3v) is 4.21. The van der Waals surface area contributed by atoms with Crippen molar-refractivity contribution in [3.05, 3.63) is 42.2 Å². The molecule has 19 heavy (non-hydrogen) atoms. The molecule has 0 saturated carbocycles. The van der Waals surface area contributed by atoms with E-state index in [2.05, 4.69) is 14.7 Å². The van der Waals surface area contributed by atoms with E-state index in [-0.39, 0.29) is 16.1 Å². The molecular formula is C11H13ClN4O2S. The molecular weight excluding hydrogens is 288 g/mol. The molecule has 0 aliphatic carbocycles. The van der Waals surface area contributed by atoms with Gasteiger partial charge in [-0.1, -0.05) is 11.6 Å². The normalized spacial score (nSPS) is 13.4. The molecule has 0 spiro atoms. The van der Waals surface area contributed by atoms with Gasteiger partial charge in [0, 0.05) is 31.2 Å². The Balaban J connectivity index is 2.06. The molecule has 2 heterocycles. The summed E-state index contributed by atoms with van der Waals surface area (Å²) in [7, 11) is -3.58. The Bertz CT molecular complexity index is 625. The molecule has 0 fully saturated rings. The number of nitrogens with one attached hydrogen (secondary N) is 1. The first-order valence-corrected chi connectivity index (χ1v) is 7.43. The fourth-order valence-corrected chi connectivity index (χ4v) is 2.89. The topological polar surface area (TPSA) is 76.9 Å². The molecule has 0 unspecified atom stereocenters. The molecule has 0 aliphatic heterocycles. The highest BCUT2D eigenvalue weighted by Crippen LogP contribution is 2.11. The lowest BCUT2D eigenvalue weighted by molar-refractivity contribution is 0.520. The van der Waals surface area contributed by atoms with Crippen LogP contribution in [0, 0.1) is 0 Å². The van der Waals surface area contributed by atoms with Gasteiger partial charge in [0.1, 0.15) is 10.0 Å². The maximum Gasteiger partial charge on any atom is 0.242 e. The van der Waals surface area contributed by atoms with Gasteiger partial charge < -0.3 is 4.57 Å². The summed E-state index contributed by atoms with van der Waals surface area (Å²) in [5.74, 6) is 0. The van der Waals surface area contributed by atoms with Gasteiger partial charge in [-0.2, -0.15) is 0 Å². The van der Waals surface area contributed by atoms with Crippen LogP contribution in [0.2, 0.25) is 5.15 Å². The Hall–Kier alpha value is -1.44. The van der Waals surface area contributed by atoms with Gasteiger partial charge in [-0.15, -0.1) is 0 Å². The van der Waals surface area contributed by atoms with Crippen LogP contribution in [0.4, 0.5) is 0 Å². The van der Waals surface area contributed by atoms with Crippen molar-refractivity contribution >= 4 is 21.6 Å². The smallest absolute Gasteiger partial charge is 0.242 e. The Labute approximate surface area is 116 Å². The highest BCUT2D eigenvalue weighted by molar-refractivity contribution is 7.89. The molecule has 0 saturated heterocycles. The van der Waals surface area contributed by atoms with Gasteiger partial charge in [0.2, 0.25) is 10.0 Å². The van der Waals surface area contributed by atoms with Crippen molar-refractivity contribution in [2.45, 2.75) is 24.4 Å². The van der Waals surface area contributed by atoms with Gasteiger partial charge in [-0.25, -0.2) is 23.1 Å². The standard InChI is InChI=1S/C11H13ClN4O2S/c1-9(7-16-5-4-13-8-16)15-19(17,18)10-2-3-11(12)14-6-10/h2-6,8-9,15H,7H2,1H3/t9-/m0/s1. The summed E-state index contributed by atoms with van der Waals surface area (Å²) in [6, 6.07) is 2.59. The van der Waals surface area contributed by atoms with Crippen LogP contribution in [0.15, 0.2) is 41.9 Å². The number of halogens is 1. The maximum atomic E-state index is 12.1. The molecule has 6 nitrogen and oxygen atoms in total. The van der Waals surface area contributed by atoms with E-state index in [1.54, 1.807) is 30.2 Å². The summed E-state index contributed by atoms with van der Waals surface area (Å²) in [6.45, 7) is 2.28.